The third kappa shape index (κ3) is 4.22. The van der Waals surface area contributed by atoms with Crippen molar-refractivity contribution in [3.63, 3.8) is 0 Å². The monoisotopic (exact) mass is 288 g/mol. The predicted octanol–water partition coefficient (Wildman–Crippen LogP) is 5.04. The van der Waals surface area contributed by atoms with Crippen LogP contribution in [0.15, 0.2) is 60.7 Å². The van der Waals surface area contributed by atoms with Crippen LogP contribution in [0.5, 0.6) is 0 Å². The molecule has 0 bridgehead atoms. The average Bonchev–Trinajstić information content (AvgIpc) is 2.45. The number of alkyl halides is 2. The van der Waals surface area contributed by atoms with Gasteiger partial charge in [-0.15, -0.1) is 0 Å². The first kappa shape index (κ1) is 14.3. The van der Waals surface area contributed by atoms with Crippen molar-refractivity contribution >= 4 is 17.2 Å². The second-order valence-electron chi connectivity index (χ2n) is 4.04. The highest BCUT2D eigenvalue weighted by Gasteiger charge is 2.03. The lowest BCUT2D eigenvalue weighted by molar-refractivity contribution is 0.205. The molecule has 0 aliphatic rings. The van der Waals surface area contributed by atoms with Crippen LogP contribution in [0.4, 0.5) is 8.78 Å². The van der Waals surface area contributed by atoms with Crippen LogP contribution in [0.3, 0.4) is 0 Å². The molecule has 0 radical (unpaired) electrons. The van der Waals surface area contributed by atoms with Gasteiger partial charge in [0.2, 0.25) is 0 Å². The van der Waals surface area contributed by atoms with Gasteiger partial charge in [-0.2, -0.15) is 0 Å². The van der Waals surface area contributed by atoms with Gasteiger partial charge in [-0.25, -0.2) is 8.78 Å². The van der Waals surface area contributed by atoms with Crippen molar-refractivity contribution in [3.05, 3.63) is 76.8 Å². The van der Waals surface area contributed by atoms with E-state index in [1.54, 1.807) is 24.3 Å². The summed E-state index contributed by atoms with van der Waals surface area (Å²) in [6, 6.07) is 15.9. The fourth-order valence-electron chi connectivity index (χ4n) is 1.63. The van der Waals surface area contributed by atoms with Crippen LogP contribution in [0.2, 0.25) is 5.02 Å². The summed E-state index contributed by atoms with van der Waals surface area (Å²) in [6.07, 6.45) is -1.70. The molecule has 0 spiro atoms. The molecule has 100 valence electrons. The summed E-state index contributed by atoms with van der Waals surface area (Å²) >= 11 is 5.79. The molecule has 2 rings (SSSR count). The zero-order valence-corrected chi connectivity index (χ0v) is 11.2. The van der Waals surface area contributed by atoms with Crippen LogP contribution >= 0.6 is 11.6 Å². The summed E-state index contributed by atoms with van der Waals surface area (Å²) in [4.78, 5) is 0. The van der Waals surface area contributed by atoms with Gasteiger partial charge in [0.05, 0.1) is 0 Å². The van der Waals surface area contributed by atoms with E-state index < -0.39 is 6.43 Å². The second kappa shape index (κ2) is 6.88. The molecule has 0 fully saturated rings. The number of hydrogen-bond acceptors (Lipinski definition) is 0. The Kier molecular flexibility index (Phi) is 4.92. The summed E-state index contributed by atoms with van der Waals surface area (Å²) in [6.45, 7) is 0. The summed E-state index contributed by atoms with van der Waals surface area (Å²) < 4.78 is 25.2. The molecule has 20 heavy (non-hydrogen) atoms. The highest BCUT2D eigenvalue weighted by Crippen LogP contribution is 2.18. The summed E-state index contributed by atoms with van der Waals surface area (Å²) in [5.41, 5.74) is 1.69. The zero-order chi connectivity index (χ0) is 14.4. The van der Waals surface area contributed by atoms with E-state index >= 15 is 0 Å². The molecule has 0 heterocycles. The van der Waals surface area contributed by atoms with E-state index in [0.717, 1.165) is 11.6 Å². The van der Waals surface area contributed by atoms with Gasteiger partial charge in [-0.3, -0.25) is 0 Å². The summed E-state index contributed by atoms with van der Waals surface area (Å²) in [5.74, 6) is 5.67. The Bertz CT molecular complexity index is 647. The molecule has 0 aromatic heterocycles. The fraction of sp³-hybridized carbons (Fsp3) is 0.0588. The molecule has 2 aromatic rings. The number of rotatable bonds is 2. The van der Waals surface area contributed by atoms with E-state index in [1.165, 1.54) is 0 Å². The van der Waals surface area contributed by atoms with Crippen LogP contribution in [0, 0.1) is 11.8 Å². The maximum Gasteiger partial charge on any atom is 0.258 e. The average molecular weight is 289 g/mol. The third-order valence-electron chi connectivity index (χ3n) is 2.56. The Morgan fingerprint density at radius 1 is 1.00 bits per heavy atom. The van der Waals surface area contributed by atoms with Crippen LogP contribution in [0.25, 0.3) is 5.57 Å². The van der Waals surface area contributed by atoms with Crippen LogP contribution in [-0.2, 0) is 0 Å². The normalized spacial score (nSPS) is 11.1. The molecular formula is C17H11ClF2. The van der Waals surface area contributed by atoms with Crippen molar-refractivity contribution in [2.24, 2.45) is 0 Å². The summed E-state index contributed by atoms with van der Waals surface area (Å²) in [7, 11) is 0. The Balaban J connectivity index is 2.35. The SMILES string of the molecule is FC(F)/C=C(\C#Cc1ccccc1)c1ccc(Cl)cc1. The maximum atomic E-state index is 12.6. The third-order valence-corrected chi connectivity index (χ3v) is 2.82. The van der Waals surface area contributed by atoms with Crippen molar-refractivity contribution in [2.75, 3.05) is 0 Å². The maximum absolute atomic E-state index is 12.6. The van der Waals surface area contributed by atoms with E-state index in [-0.39, 0.29) is 0 Å². The van der Waals surface area contributed by atoms with Gasteiger partial charge in [0, 0.05) is 16.2 Å². The van der Waals surface area contributed by atoms with Gasteiger partial charge >= 0.3 is 0 Å². The smallest absolute Gasteiger partial charge is 0.206 e. The Morgan fingerprint density at radius 3 is 2.25 bits per heavy atom. The minimum Gasteiger partial charge on any atom is -0.206 e. The van der Waals surface area contributed by atoms with Crippen LogP contribution in [-0.4, -0.2) is 6.43 Å². The van der Waals surface area contributed by atoms with E-state index in [2.05, 4.69) is 11.8 Å². The Hall–Kier alpha value is -2.11. The van der Waals surface area contributed by atoms with Crippen molar-refractivity contribution in [1.82, 2.24) is 0 Å². The first-order valence-electron chi connectivity index (χ1n) is 5.98. The van der Waals surface area contributed by atoms with Crippen molar-refractivity contribution in [3.8, 4) is 11.8 Å². The molecule has 0 amide bonds. The van der Waals surface area contributed by atoms with Gasteiger partial charge in [-0.1, -0.05) is 53.8 Å². The van der Waals surface area contributed by atoms with Crippen LogP contribution < -0.4 is 0 Å². The predicted molar refractivity (Wildman–Crippen MR) is 78.8 cm³/mol. The van der Waals surface area contributed by atoms with Crippen molar-refractivity contribution in [2.45, 2.75) is 6.43 Å². The van der Waals surface area contributed by atoms with E-state index in [0.29, 0.717) is 16.2 Å². The van der Waals surface area contributed by atoms with E-state index in [9.17, 15) is 8.78 Å². The molecule has 2 aromatic carbocycles. The largest absolute Gasteiger partial charge is 0.258 e. The standard InChI is InChI=1S/C17H11ClF2/c18-16-10-8-14(9-11-16)15(12-17(19)20)7-6-13-4-2-1-3-5-13/h1-5,8-12,17H/b15-12+. The fourth-order valence-corrected chi connectivity index (χ4v) is 1.75. The molecule has 0 aliphatic carbocycles. The van der Waals surface area contributed by atoms with Crippen LogP contribution in [0.1, 0.15) is 11.1 Å². The Labute approximate surface area is 121 Å². The number of hydrogen-bond donors (Lipinski definition) is 0. The van der Waals surface area contributed by atoms with E-state index in [1.807, 2.05) is 30.3 Å². The topological polar surface area (TPSA) is 0 Å². The molecule has 0 N–H and O–H groups in total. The quantitative estimate of drug-likeness (QED) is 0.679. The molecule has 0 saturated carbocycles. The van der Waals surface area contributed by atoms with Gasteiger partial charge in [0.1, 0.15) is 0 Å². The summed E-state index contributed by atoms with van der Waals surface area (Å²) in [5, 5.41) is 0.557. The number of halogens is 3. The van der Waals surface area contributed by atoms with Crippen molar-refractivity contribution < 1.29 is 8.78 Å². The molecule has 0 nitrogen and oxygen atoms in total. The molecule has 0 atom stereocenters. The van der Waals surface area contributed by atoms with Gasteiger partial charge in [0.15, 0.2) is 0 Å². The van der Waals surface area contributed by atoms with Crippen molar-refractivity contribution in [1.29, 1.82) is 0 Å². The highest BCUT2D eigenvalue weighted by molar-refractivity contribution is 6.30. The lowest BCUT2D eigenvalue weighted by atomic mass is 10.1. The molecule has 0 unspecified atom stereocenters. The zero-order valence-electron chi connectivity index (χ0n) is 10.5. The lowest BCUT2D eigenvalue weighted by Crippen LogP contribution is -1.88. The minimum atomic E-state index is -2.55. The highest BCUT2D eigenvalue weighted by atomic mass is 35.5. The van der Waals surface area contributed by atoms with Gasteiger partial charge in [0.25, 0.3) is 6.43 Å². The van der Waals surface area contributed by atoms with E-state index in [4.69, 9.17) is 11.6 Å². The molecular weight excluding hydrogens is 278 g/mol. The van der Waals surface area contributed by atoms with Gasteiger partial charge in [-0.05, 0) is 35.9 Å². The second-order valence-corrected chi connectivity index (χ2v) is 4.47. The molecule has 0 saturated heterocycles. The number of allylic oxidation sites excluding steroid dienone is 2. The molecule has 0 aliphatic heterocycles. The van der Waals surface area contributed by atoms with Gasteiger partial charge < -0.3 is 0 Å². The lowest BCUT2D eigenvalue weighted by Gasteiger charge is -2.01. The number of benzene rings is 2. The molecule has 3 heteroatoms. The minimum absolute atomic E-state index is 0.292. The first-order chi connectivity index (χ1) is 9.65. The first-order valence-corrected chi connectivity index (χ1v) is 6.36. The Morgan fingerprint density at radius 2 is 1.65 bits per heavy atom.